The van der Waals surface area contributed by atoms with E-state index < -0.39 is 34.9 Å². The molecule has 0 aromatic rings. The van der Waals surface area contributed by atoms with Crippen molar-refractivity contribution in [1.29, 1.82) is 10.5 Å². The van der Waals surface area contributed by atoms with Gasteiger partial charge in [0.2, 0.25) is 12.0 Å². The van der Waals surface area contributed by atoms with E-state index in [9.17, 15) is 20.1 Å². The van der Waals surface area contributed by atoms with Crippen LogP contribution in [0.5, 0.6) is 0 Å². The first-order chi connectivity index (χ1) is 10.4. The molecule has 0 aromatic carbocycles. The molecule has 1 unspecified atom stereocenters. The Balaban J connectivity index is 5.48. The number of carbonyl (C=O) groups excluding carboxylic acids is 1. The quantitative estimate of drug-likeness (QED) is 0.158. The normalized spacial score (nSPS) is 14.4. The highest BCUT2D eigenvalue weighted by molar-refractivity contribution is 5.88. The molecular formula is C14H16N2O6. The maximum Gasteiger partial charge on any atom is 0.374 e. The second-order valence-corrected chi connectivity index (χ2v) is 3.65. The third-order valence-electron chi connectivity index (χ3n) is 2.22. The van der Waals surface area contributed by atoms with Crippen LogP contribution in [-0.2, 0) is 14.3 Å². The van der Waals surface area contributed by atoms with E-state index in [2.05, 4.69) is 4.74 Å². The molecule has 0 aliphatic carbocycles. The van der Waals surface area contributed by atoms with Crippen LogP contribution in [0.2, 0.25) is 0 Å². The number of aliphatic hydroxyl groups excluding tert-OH is 3. The monoisotopic (exact) mass is 308 g/mol. The van der Waals surface area contributed by atoms with Gasteiger partial charge in [-0.1, -0.05) is 0 Å². The first-order valence-electron chi connectivity index (χ1n) is 6.24. The largest absolute Gasteiger partial charge is 0.506 e. The van der Waals surface area contributed by atoms with Crippen LogP contribution >= 0.6 is 0 Å². The molecule has 0 saturated carbocycles. The molecule has 0 radical (unpaired) electrons. The molecule has 8 nitrogen and oxygen atoms in total. The molecule has 3 N–H and O–H groups in total. The van der Waals surface area contributed by atoms with Gasteiger partial charge in [-0.05, 0) is 26.0 Å². The highest BCUT2D eigenvalue weighted by Crippen LogP contribution is 2.12. The van der Waals surface area contributed by atoms with Crippen molar-refractivity contribution >= 4 is 5.97 Å². The summed E-state index contributed by atoms with van der Waals surface area (Å²) < 4.78 is 9.22. The molecule has 0 bridgehead atoms. The fourth-order valence-corrected chi connectivity index (χ4v) is 1.19. The van der Waals surface area contributed by atoms with Gasteiger partial charge in [-0.15, -0.1) is 0 Å². The zero-order valence-electron chi connectivity index (χ0n) is 12.1. The van der Waals surface area contributed by atoms with Gasteiger partial charge >= 0.3 is 5.97 Å². The summed E-state index contributed by atoms with van der Waals surface area (Å²) >= 11 is 0. The van der Waals surface area contributed by atoms with E-state index >= 15 is 0 Å². The summed E-state index contributed by atoms with van der Waals surface area (Å²) in [6, 6.07) is 3.14. The summed E-state index contributed by atoms with van der Waals surface area (Å²) in [6.45, 7) is 3.21. The molecule has 22 heavy (non-hydrogen) atoms. The van der Waals surface area contributed by atoms with E-state index in [1.54, 1.807) is 19.1 Å². The average Bonchev–Trinajstić information content (AvgIpc) is 2.51. The zero-order valence-corrected chi connectivity index (χ0v) is 12.1. The first kappa shape index (κ1) is 19.2. The van der Waals surface area contributed by atoms with Crippen LogP contribution in [0.4, 0.5) is 0 Å². The lowest BCUT2D eigenvalue weighted by Gasteiger charge is -2.09. The molecule has 0 spiro atoms. The molecule has 0 saturated heterocycles. The molecule has 1 atom stereocenters. The number of nitrogens with zero attached hydrogens (tertiary/aromatic N) is 2. The molecule has 0 aliphatic rings. The van der Waals surface area contributed by atoms with Crippen LogP contribution < -0.4 is 0 Å². The van der Waals surface area contributed by atoms with Crippen molar-refractivity contribution in [3.05, 3.63) is 34.8 Å². The number of allylic oxidation sites excluding steroid dienone is 4. The van der Waals surface area contributed by atoms with Crippen molar-refractivity contribution in [3.8, 4) is 12.1 Å². The summed E-state index contributed by atoms with van der Waals surface area (Å²) in [6.07, 6.45) is 0.183. The van der Waals surface area contributed by atoms with Gasteiger partial charge in [0.15, 0.2) is 5.76 Å². The molecule has 0 heterocycles. The highest BCUT2D eigenvalue weighted by Gasteiger charge is 2.16. The first-order valence-corrected chi connectivity index (χ1v) is 6.24. The summed E-state index contributed by atoms with van der Waals surface area (Å²) in [5.41, 5.74) is -0.866. The smallest absolute Gasteiger partial charge is 0.374 e. The van der Waals surface area contributed by atoms with E-state index in [1.807, 2.05) is 0 Å². The van der Waals surface area contributed by atoms with Crippen LogP contribution in [0.15, 0.2) is 34.8 Å². The van der Waals surface area contributed by atoms with Crippen molar-refractivity contribution in [3.63, 3.8) is 0 Å². The number of esters is 1. The Morgan fingerprint density at radius 2 is 1.68 bits per heavy atom. The molecule has 0 fully saturated rings. The van der Waals surface area contributed by atoms with Crippen molar-refractivity contribution < 1.29 is 29.6 Å². The maximum absolute atomic E-state index is 11.3. The summed E-state index contributed by atoms with van der Waals surface area (Å²) in [7, 11) is 0. The predicted molar refractivity (Wildman–Crippen MR) is 73.9 cm³/mol. The SMILES string of the molecule is CCOC(=O)/C(O)=C(C#N)/C=C/C(C#N)=C(\O)C(O)OCC. The van der Waals surface area contributed by atoms with Crippen molar-refractivity contribution in [1.82, 2.24) is 0 Å². The number of carbonyl (C=O) groups is 1. The molecule has 0 rings (SSSR count). The number of hydrogen-bond donors (Lipinski definition) is 3. The van der Waals surface area contributed by atoms with Crippen LogP contribution in [0.3, 0.4) is 0 Å². The highest BCUT2D eigenvalue weighted by atomic mass is 16.6. The van der Waals surface area contributed by atoms with Crippen LogP contribution in [0, 0.1) is 22.7 Å². The third kappa shape index (κ3) is 5.67. The van der Waals surface area contributed by atoms with E-state index in [0.717, 1.165) is 12.2 Å². The average molecular weight is 308 g/mol. The lowest BCUT2D eigenvalue weighted by Crippen LogP contribution is -2.16. The molecule has 0 aliphatic heterocycles. The Hall–Kier alpha value is -2.81. The molecule has 0 amide bonds. The zero-order chi connectivity index (χ0) is 17.1. The van der Waals surface area contributed by atoms with Gasteiger partial charge in [-0.2, -0.15) is 10.5 Å². The van der Waals surface area contributed by atoms with Gasteiger partial charge in [0.25, 0.3) is 0 Å². The fourth-order valence-electron chi connectivity index (χ4n) is 1.19. The fraction of sp³-hybridized carbons (Fsp3) is 0.357. The van der Waals surface area contributed by atoms with E-state index in [0.29, 0.717) is 0 Å². The van der Waals surface area contributed by atoms with E-state index in [4.69, 9.17) is 15.3 Å². The standard InChI is InChI=1S/C14H16N2O6/c1-3-21-13(19)11(17)9(7-15)5-6-10(8-16)12(18)14(20)22-4-2/h5-6,13,17-19H,3-4H2,1-2H3/b6-5+,11-9+,12-10+. The predicted octanol–water partition coefficient (Wildman–Crippen LogP) is 1.13. The Morgan fingerprint density at radius 3 is 2.14 bits per heavy atom. The second kappa shape index (κ2) is 10.00. The van der Waals surface area contributed by atoms with Crippen molar-refractivity contribution in [2.45, 2.75) is 20.1 Å². The minimum Gasteiger partial charge on any atom is -0.506 e. The Labute approximate surface area is 127 Å². The van der Waals surface area contributed by atoms with Crippen LogP contribution in [0.25, 0.3) is 0 Å². The van der Waals surface area contributed by atoms with Gasteiger partial charge in [0, 0.05) is 6.61 Å². The number of hydrogen-bond acceptors (Lipinski definition) is 8. The maximum atomic E-state index is 11.3. The van der Waals surface area contributed by atoms with Gasteiger partial charge in [-0.25, -0.2) is 4.79 Å². The molecule has 0 aromatic heterocycles. The molecule has 118 valence electrons. The number of rotatable bonds is 7. The topological polar surface area (TPSA) is 144 Å². The minimum atomic E-state index is -1.70. The van der Waals surface area contributed by atoms with Crippen molar-refractivity contribution in [2.75, 3.05) is 13.2 Å². The molecular weight excluding hydrogens is 292 g/mol. The third-order valence-corrected chi connectivity index (χ3v) is 2.22. The summed E-state index contributed by atoms with van der Waals surface area (Å²) in [4.78, 5) is 11.3. The number of ether oxygens (including phenoxy) is 2. The number of aliphatic hydroxyl groups is 3. The number of nitriles is 2. The molecule has 8 heteroatoms. The Kier molecular flexibility index (Phi) is 8.72. The van der Waals surface area contributed by atoms with Gasteiger partial charge in [-0.3, -0.25) is 0 Å². The van der Waals surface area contributed by atoms with Gasteiger partial charge in [0.05, 0.1) is 12.2 Å². The van der Waals surface area contributed by atoms with Crippen LogP contribution in [0.1, 0.15) is 13.8 Å². The summed E-state index contributed by atoms with van der Waals surface area (Å²) in [5, 5.41) is 46.3. The lowest BCUT2D eigenvalue weighted by molar-refractivity contribution is -0.141. The van der Waals surface area contributed by atoms with Crippen LogP contribution in [-0.4, -0.2) is 40.8 Å². The Bertz CT molecular complexity index is 577. The second-order valence-electron chi connectivity index (χ2n) is 3.65. The Morgan fingerprint density at radius 1 is 1.14 bits per heavy atom. The van der Waals surface area contributed by atoms with Crippen molar-refractivity contribution in [2.24, 2.45) is 0 Å². The van der Waals surface area contributed by atoms with Gasteiger partial charge in [0.1, 0.15) is 17.7 Å². The van der Waals surface area contributed by atoms with Gasteiger partial charge < -0.3 is 24.8 Å². The van der Waals surface area contributed by atoms with E-state index in [1.165, 1.54) is 6.92 Å². The summed E-state index contributed by atoms with van der Waals surface area (Å²) in [5.74, 6) is -2.78. The lowest BCUT2D eigenvalue weighted by atomic mass is 10.1. The van der Waals surface area contributed by atoms with E-state index in [-0.39, 0.29) is 13.2 Å². The minimum absolute atomic E-state index is 0.00992.